The van der Waals surface area contributed by atoms with Gasteiger partial charge in [0.05, 0.1) is 19.2 Å². The molecule has 0 radical (unpaired) electrons. The van der Waals surface area contributed by atoms with Crippen molar-refractivity contribution in [2.75, 3.05) is 19.7 Å². The Labute approximate surface area is 413 Å². The standard InChI is InChI=1S/C45H64N12O15/c1-24(51-41(68)30(16-18-36(62)63)54-39(66)28(46)15-17-35(60)61)37(64)50-22-34(59)53-29(14-9-19-49-45(47)48)40(67)52-25(2)38(65)55-31(20-26-10-5-3-6-11-26)42(69)57-33(23-58)43(70)56-32(44(71)72)21-27-12-7-4-8-13-27/h3-8,10-13,24-25,28-33,58H,9,14-23,46H2,1-2H3,(H,50,64)(H,51,68)(H,52,67)(H,53,59)(H,54,66)(H,55,65)(H,56,70)(H,57,69)(H,60,61)(H,62,63)(H,71,72)(H4,47,48,49)/t24-,25-,28-,29-,30-,31-,32-,33-/m0/s1. The van der Waals surface area contributed by atoms with Crippen molar-refractivity contribution in [3.05, 3.63) is 71.8 Å². The molecule has 0 aliphatic carbocycles. The lowest BCUT2D eigenvalue weighted by atomic mass is 10.0. The largest absolute Gasteiger partial charge is 0.481 e. The van der Waals surface area contributed by atoms with Gasteiger partial charge in [0.25, 0.3) is 0 Å². The van der Waals surface area contributed by atoms with E-state index in [0.717, 1.165) is 0 Å². The van der Waals surface area contributed by atoms with Gasteiger partial charge in [-0.15, -0.1) is 0 Å². The van der Waals surface area contributed by atoms with Crippen LogP contribution in [0.1, 0.15) is 63.5 Å². The van der Waals surface area contributed by atoms with Crippen molar-refractivity contribution < 1.29 is 73.2 Å². The molecule has 0 fully saturated rings. The molecule has 72 heavy (non-hydrogen) atoms. The fraction of sp³-hybridized carbons (Fsp3) is 0.467. The van der Waals surface area contributed by atoms with Gasteiger partial charge in [0.2, 0.25) is 47.3 Å². The van der Waals surface area contributed by atoms with Gasteiger partial charge < -0.3 is 80.2 Å². The summed E-state index contributed by atoms with van der Waals surface area (Å²) in [5.41, 5.74) is 17.7. The number of hydrogen-bond acceptors (Lipinski definition) is 14. The Balaban J connectivity index is 2.16. The van der Waals surface area contributed by atoms with Gasteiger partial charge in [0.1, 0.15) is 42.3 Å². The van der Waals surface area contributed by atoms with E-state index >= 15 is 0 Å². The van der Waals surface area contributed by atoms with Crippen molar-refractivity contribution in [1.29, 1.82) is 0 Å². The van der Waals surface area contributed by atoms with Crippen LogP contribution in [0, 0.1) is 0 Å². The molecule has 0 aliphatic rings. The van der Waals surface area contributed by atoms with Crippen molar-refractivity contribution in [1.82, 2.24) is 42.5 Å². The Hall–Kier alpha value is -8.20. The Morgan fingerprint density at radius 3 is 1.49 bits per heavy atom. The first kappa shape index (κ1) is 59.9. The number of carbonyl (C=O) groups is 11. The van der Waals surface area contributed by atoms with Gasteiger partial charge >= 0.3 is 17.9 Å². The zero-order valence-electron chi connectivity index (χ0n) is 39.6. The summed E-state index contributed by atoms with van der Waals surface area (Å²) in [6, 6.07) is 5.28. The number of aliphatic carboxylic acids is 3. The summed E-state index contributed by atoms with van der Waals surface area (Å²) < 4.78 is 0. The number of nitrogens with two attached hydrogens (primary N) is 3. The van der Waals surface area contributed by atoms with Gasteiger partial charge in [0.15, 0.2) is 5.96 Å². The fourth-order valence-electron chi connectivity index (χ4n) is 6.47. The maximum atomic E-state index is 13.7. The lowest BCUT2D eigenvalue weighted by molar-refractivity contribution is -0.142. The van der Waals surface area contributed by atoms with E-state index in [-0.39, 0.29) is 44.6 Å². The predicted molar refractivity (Wildman–Crippen MR) is 255 cm³/mol. The molecule has 0 aliphatic heterocycles. The van der Waals surface area contributed by atoms with Crippen LogP contribution in [0.4, 0.5) is 0 Å². The molecular weight excluding hydrogens is 949 g/mol. The van der Waals surface area contributed by atoms with Crippen LogP contribution in [0.3, 0.4) is 0 Å². The molecule has 27 nitrogen and oxygen atoms in total. The van der Waals surface area contributed by atoms with E-state index in [9.17, 15) is 63.0 Å². The highest BCUT2D eigenvalue weighted by atomic mass is 16.4. The monoisotopic (exact) mass is 1010 g/mol. The lowest BCUT2D eigenvalue weighted by Crippen LogP contribution is -2.59. The van der Waals surface area contributed by atoms with Gasteiger partial charge in [-0.25, -0.2) is 4.79 Å². The van der Waals surface area contributed by atoms with Crippen LogP contribution in [0.5, 0.6) is 0 Å². The molecule has 2 aromatic rings. The molecule has 0 saturated heterocycles. The molecule has 0 aromatic heterocycles. The van der Waals surface area contributed by atoms with Crippen LogP contribution < -0.4 is 59.7 Å². The smallest absolute Gasteiger partial charge is 0.326 e. The second kappa shape index (κ2) is 31.1. The van der Waals surface area contributed by atoms with E-state index in [1.807, 2.05) is 0 Å². The fourth-order valence-corrected chi connectivity index (χ4v) is 6.47. The van der Waals surface area contributed by atoms with Gasteiger partial charge in [-0.3, -0.25) is 52.9 Å². The lowest BCUT2D eigenvalue weighted by Gasteiger charge is -2.25. The number of aliphatic hydroxyl groups is 1. The van der Waals surface area contributed by atoms with Crippen LogP contribution in [0.25, 0.3) is 0 Å². The summed E-state index contributed by atoms with van der Waals surface area (Å²) in [6.45, 7) is 0.801. The van der Waals surface area contributed by atoms with Crippen LogP contribution >= 0.6 is 0 Å². The molecule has 2 aromatic carbocycles. The average molecular weight is 1010 g/mol. The number of carbonyl (C=O) groups excluding carboxylic acids is 8. The Morgan fingerprint density at radius 1 is 0.528 bits per heavy atom. The van der Waals surface area contributed by atoms with Gasteiger partial charge in [-0.2, -0.15) is 0 Å². The van der Waals surface area contributed by atoms with Crippen molar-refractivity contribution in [3.8, 4) is 0 Å². The number of amides is 8. The molecule has 0 saturated carbocycles. The average Bonchev–Trinajstić information content (AvgIpc) is 3.33. The molecule has 0 unspecified atom stereocenters. The van der Waals surface area contributed by atoms with E-state index in [4.69, 9.17) is 27.4 Å². The summed E-state index contributed by atoms with van der Waals surface area (Å²) in [5, 5.41) is 56.7. The first-order valence-electron chi connectivity index (χ1n) is 22.6. The minimum atomic E-state index is -1.65. The predicted octanol–water partition coefficient (Wildman–Crippen LogP) is -4.79. The molecule has 27 heteroatoms. The van der Waals surface area contributed by atoms with E-state index in [1.54, 1.807) is 60.7 Å². The quantitative estimate of drug-likeness (QED) is 0.0186. The molecule has 8 amide bonds. The first-order chi connectivity index (χ1) is 34.0. The molecule has 18 N–H and O–H groups in total. The molecule has 0 bridgehead atoms. The Kier molecular flexibility index (Phi) is 25.9. The molecule has 0 heterocycles. The summed E-state index contributed by atoms with van der Waals surface area (Å²) >= 11 is 0. The number of benzene rings is 2. The number of aliphatic imine (C=N–C) groups is 1. The van der Waals surface area contributed by atoms with Crippen molar-refractivity contribution in [3.63, 3.8) is 0 Å². The third-order valence-corrected chi connectivity index (χ3v) is 10.4. The third-order valence-electron chi connectivity index (χ3n) is 10.4. The summed E-state index contributed by atoms with van der Waals surface area (Å²) in [4.78, 5) is 144. The normalized spacial score (nSPS) is 14.1. The van der Waals surface area contributed by atoms with E-state index in [1.165, 1.54) is 13.8 Å². The number of aliphatic hydroxyl groups excluding tert-OH is 1. The van der Waals surface area contributed by atoms with Crippen molar-refractivity contribution in [2.45, 2.75) is 114 Å². The molecular formula is C45H64N12O15. The summed E-state index contributed by atoms with van der Waals surface area (Å²) in [5.74, 6) is -11.7. The Morgan fingerprint density at radius 2 is 0.972 bits per heavy atom. The van der Waals surface area contributed by atoms with Crippen LogP contribution in [0.2, 0.25) is 0 Å². The van der Waals surface area contributed by atoms with Crippen LogP contribution in [-0.4, -0.2) is 160 Å². The van der Waals surface area contributed by atoms with Gasteiger partial charge in [0, 0.05) is 32.2 Å². The van der Waals surface area contributed by atoms with Gasteiger partial charge in [-0.05, 0) is 50.7 Å². The Bertz CT molecular complexity index is 2230. The second-order valence-corrected chi connectivity index (χ2v) is 16.4. The second-order valence-electron chi connectivity index (χ2n) is 16.4. The maximum absolute atomic E-state index is 13.7. The van der Waals surface area contributed by atoms with E-state index in [0.29, 0.717) is 11.1 Å². The summed E-state index contributed by atoms with van der Waals surface area (Å²) in [6.07, 6.45) is -1.99. The van der Waals surface area contributed by atoms with Crippen LogP contribution in [0.15, 0.2) is 65.7 Å². The first-order valence-corrected chi connectivity index (χ1v) is 22.6. The number of guanidine groups is 1. The number of carboxylic acid groups (broad SMARTS) is 3. The SMILES string of the molecule is C[C@H](NC(=O)[C@H](CCCN=C(N)N)NC(=O)CNC(=O)[C@H](C)NC(=O)[C@H](CCC(=O)O)NC(=O)[C@@H](N)CCC(=O)O)C(=O)N[C@@H](Cc1ccccc1)C(=O)N[C@@H](CO)C(=O)N[C@@H](Cc1ccccc1)C(=O)O. The molecule has 8 atom stereocenters. The zero-order chi connectivity index (χ0) is 53.9. The number of nitrogens with one attached hydrogen (secondary N) is 8. The topological polar surface area (TPSA) is 455 Å². The maximum Gasteiger partial charge on any atom is 0.326 e. The summed E-state index contributed by atoms with van der Waals surface area (Å²) in [7, 11) is 0. The highest BCUT2D eigenvalue weighted by Gasteiger charge is 2.32. The van der Waals surface area contributed by atoms with Crippen LogP contribution in [-0.2, 0) is 65.6 Å². The molecule has 394 valence electrons. The highest BCUT2D eigenvalue weighted by Crippen LogP contribution is 2.08. The number of rotatable bonds is 32. The minimum Gasteiger partial charge on any atom is -0.481 e. The third kappa shape index (κ3) is 22.9. The van der Waals surface area contributed by atoms with Gasteiger partial charge in [-0.1, -0.05) is 60.7 Å². The number of nitrogens with zero attached hydrogens (tertiary/aromatic N) is 1. The number of carboxylic acids is 3. The van der Waals surface area contributed by atoms with E-state index < -0.39 is 146 Å². The van der Waals surface area contributed by atoms with Crippen molar-refractivity contribution in [2.24, 2.45) is 22.2 Å². The minimum absolute atomic E-state index is 0.0152. The molecule has 2 rings (SSSR count). The zero-order valence-corrected chi connectivity index (χ0v) is 39.6. The number of hydrogen-bond donors (Lipinski definition) is 15. The van der Waals surface area contributed by atoms with E-state index in [2.05, 4.69) is 47.5 Å². The highest BCUT2D eigenvalue weighted by molar-refractivity contribution is 5.97. The van der Waals surface area contributed by atoms with Crippen molar-refractivity contribution >= 4 is 71.1 Å². The molecule has 0 spiro atoms.